The second-order valence-corrected chi connectivity index (χ2v) is 10.8. The molecule has 0 fully saturated rings. The van der Waals surface area contributed by atoms with Gasteiger partial charge in [-0.1, -0.05) is 97.1 Å². The quantitative estimate of drug-likeness (QED) is 0.217. The van der Waals surface area contributed by atoms with Crippen LogP contribution in [0.5, 0.6) is 0 Å². The third kappa shape index (κ3) is 5.15. The first-order valence-electron chi connectivity index (χ1n) is 13.9. The third-order valence-corrected chi connectivity index (χ3v) is 7.97. The number of amides is 1. The van der Waals surface area contributed by atoms with Gasteiger partial charge in [-0.3, -0.25) is 4.79 Å². The molecule has 5 nitrogen and oxygen atoms in total. The van der Waals surface area contributed by atoms with Crippen LogP contribution in [-0.4, -0.2) is 25.9 Å². The zero-order valence-corrected chi connectivity index (χ0v) is 24.0. The van der Waals surface area contributed by atoms with Gasteiger partial charge in [-0.05, 0) is 71.5 Å². The lowest BCUT2D eigenvalue weighted by atomic mass is 9.97. The summed E-state index contributed by atoms with van der Waals surface area (Å²) in [6.07, 6.45) is 13.3. The number of benzene rings is 3. The Morgan fingerprint density at radius 3 is 2.64 bits per heavy atom. The van der Waals surface area contributed by atoms with E-state index in [1.807, 2.05) is 61.5 Å². The van der Waals surface area contributed by atoms with Crippen molar-refractivity contribution in [1.82, 2.24) is 14.9 Å². The number of rotatable bonds is 7. The molecule has 6 rings (SSSR count). The number of H-pyrrole nitrogens is 1. The van der Waals surface area contributed by atoms with Crippen LogP contribution in [-0.2, 0) is 6.54 Å². The summed E-state index contributed by atoms with van der Waals surface area (Å²) in [6.45, 7) is 6.21. The number of carbonyl (C=O) groups excluding carboxylic acids is 1. The summed E-state index contributed by atoms with van der Waals surface area (Å²) < 4.78 is 0. The number of fused-ring (bicyclic) bond motifs is 2. The Morgan fingerprint density at radius 1 is 1.10 bits per heavy atom. The number of aliphatic hydroxyl groups is 1. The van der Waals surface area contributed by atoms with E-state index in [0.29, 0.717) is 35.0 Å². The number of imidazole rings is 1. The Kier molecular flexibility index (Phi) is 7.51. The Balaban J connectivity index is 1.37. The van der Waals surface area contributed by atoms with E-state index in [2.05, 4.69) is 48.0 Å². The van der Waals surface area contributed by atoms with Gasteiger partial charge in [-0.25, -0.2) is 4.98 Å². The summed E-state index contributed by atoms with van der Waals surface area (Å²) in [4.78, 5) is 24.1. The number of hydrogen-bond acceptors (Lipinski definition) is 3. The molecule has 0 saturated heterocycles. The number of hydrogen-bond donors (Lipinski definition) is 2. The molecule has 1 aliphatic heterocycles. The highest BCUT2D eigenvalue weighted by atomic mass is 35.5. The number of para-hydroxylation sites is 2. The van der Waals surface area contributed by atoms with Crippen LogP contribution in [0.15, 0.2) is 132 Å². The molecular weight excluding hydrogens is 542 g/mol. The number of aromatic amines is 1. The third-order valence-electron chi connectivity index (χ3n) is 7.69. The molecule has 4 aromatic rings. The second kappa shape index (κ2) is 11.6. The van der Waals surface area contributed by atoms with Gasteiger partial charge >= 0.3 is 0 Å². The molecule has 1 aliphatic carbocycles. The van der Waals surface area contributed by atoms with Crippen molar-refractivity contribution in [2.24, 2.45) is 0 Å². The topological polar surface area (TPSA) is 69.2 Å². The van der Waals surface area contributed by atoms with Crippen molar-refractivity contribution in [1.29, 1.82) is 0 Å². The SMILES string of the molecule is C=C/C=C(\C=C/C)c1ccc(-c2ccc3c(c2)C(=O)N(C(C2=C(O)C=CC(Cl)=CC2)c2nc4ccccc4[nH]2)C3)cc1. The van der Waals surface area contributed by atoms with Crippen LogP contribution in [0, 0.1) is 0 Å². The van der Waals surface area contributed by atoms with E-state index in [1.54, 1.807) is 23.1 Å². The predicted octanol–water partition coefficient (Wildman–Crippen LogP) is 8.97. The summed E-state index contributed by atoms with van der Waals surface area (Å²) in [7, 11) is 0. The van der Waals surface area contributed by atoms with Gasteiger partial charge in [0.1, 0.15) is 17.6 Å². The highest BCUT2D eigenvalue weighted by Crippen LogP contribution is 2.40. The second-order valence-electron chi connectivity index (χ2n) is 10.3. The molecule has 6 heteroatoms. The lowest BCUT2D eigenvalue weighted by Gasteiger charge is -2.28. The number of halogens is 1. The zero-order chi connectivity index (χ0) is 29.2. The largest absolute Gasteiger partial charge is 0.508 e. The van der Waals surface area contributed by atoms with E-state index in [-0.39, 0.29) is 11.7 Å². The fourth-order valence-electron chi connectivity index (χ4n) is 5.62. The van der Waals surface area contributed by atoms with E-state index < -0.39 is 6.04 Å². The monoisotopic (exact) mass is 571 g/mol. The van der Waals surface area contributed by atoms with E-state index in [1.165, 1.54) is 0 Å². The number of aliphatic hydroxyl groups excluding tert-OH is 1. The minimum atomic E-state index is -0.606. The van der Waals surface area contributed by atoms with Crippen LogP contribution >= 0.6 is 11.6 Å². The van der Waals surface area contributed by atoms with Crippen LogP contribution in [0.3, 0.4) is 0 Å². The van der Waals surface area contributed by atoms with Gasteiger partial charge in [0, 0.05) is 22.7 Å². The maximum Gasteiger partial charge on any atom is 0.255 e. The molecule has 0 radical (unpaired) electrons. The summed E-state index contributed by atoms with van der Waals surface area (Å²) in [5, 5.41) is 11.6. The molecule has 1 amide bonds. The van der Waals surface area contributed by atoms with Crippen molar-refractivity contribution in [2.45, 2.75) is 25.9 Å². The molecule has 0 bridgehead atoms. The fourth-order valence-corrected chi connectivity index (χ4v) is 5.76. The minimum absolute atomic E-state index is 0.0830. The van der Waals surface area contributed by atoms with Gasteiger partial charge in [0.05, 0.1) is 11.0 Å². The highest BCUT2D eigenvalue weighted by Gasteiger charge is 2.38. The first kappa shape index (κ1) is 27.3. The van der Waals surface area contributed by atoms with Gasteiger partial charge in [0.25, 0.3) is 5.91 Å². The van der Waals surface area contributed by atoms with Crippen LogP contribution in [0.25, 0.3) is 27.7 Å². The summed E-state index contributed by atoms with van der Waals surface area (Å²) in [6, 6.07) is 21.5. The molecule has 2 N–H and O–H groups in total. The molecule has 208 valence electrons. The van der Waals surface area contributed by atoms with Crippen molar-refractivity contribution < 1.29 is 9.90 Å². The molecule has 42 heavy (non-hydrogen) atoms. The molecule has 0 saturated carbocycles. The van der Waals surface area contributed by atoms with Crippen molar-refractivity contribution in [2.75, 3.05) is 0 Å². The number of nitrogens with zero attached hydrogens (tertiary/aromatic N) is 2. The summed E-state index contributed by atoms with van der Waals surface area (Å²) in [5.74, 6) is 0.570. The smallest absolute Gasteiger partial charge is 0.255 e. The summed E-state index contributed by atoms with van der Waals surface area (Å²) in [5.41, 5.74) is 8.06. The van der Waals surface area contributed by atoms with Gasteiger partial charge in [-0.15, -0.1) is 0 Å². The Hall–Kier alpha value is -4.87. The van der Waals surface area contributed by atoms with Gasteiger partial charge < -0.3 is 15.0 Å². The van der Waals surface area contributed by atoms with Crippen LogP contribution in [0.2, 0.25) is 0 Å². The van der Waals surface area contributed by atoms with Gasteiger partial charge in [0.2, 0.25) is 0 Å². The van der Waals surface area contributed by atoms with Crippen molar-refractivity contribution in [3.63, 3.8) is 0 Å². The molecule has 1 atom stereocenters. The summed E-state index contributed by atoms with van der Waals surface area (Å²) >= 11 is 6.28. The van der Waals surface area contributed by atoms with Crippen LogP contribution < -0.4 is 0 Å². The molecule has 1 unspecified atom stereocenters. The molecule has 2 heterocycles. The minimum Gasteiger partial charge on any atom is -0.508 e. The van der Waals surface area contributed by atoms with Crippen LogP contribution in [0.1, 0.15) is 46.7 Å². The predicted molar refractivity (Wildman–Crippen MR) is 171 cm³/mol. The fraction of sp³-hybridized carbons (Fsp3) is 0.111. The van der Waals surface area contributed by atoms with Crippen molar-refractivity contribution in [3.8, 4) is 11.1 Å². The van der Waals surface area contributed by atoms with E-state index in [0.717, 1.165) is 38.9 Å². The van der Waals surface area contributed by atoms with E-state index >= 15 is 0 Å². The molecule has 2 aliphatic rings. The maximum absolute atomic E-state index is 14.1. The average molecular weight is 572 g/mol. The number of carbonyl (C=O) groups is 1. The van der Waals surface area contributed by atoms with E-state index in [9.17, 15) is 9.90 Å². The van der Waals surface area contributed by atoms with Gasteiger partial charge in [0.15, 0.2) is 0 Å². The molecular formula is C36H30ClN3O2. The normalized spacial score (nSPS) is 16.2. The Morgan fingerprint density at radius 2 is 1.88 bits per heavy atom. The van der Waals surface area contributed by atoms with Crippen LogP contribution in [0.4, 0.5) is 0 Å². The lowest BCUT2D eigenvalue weighted by Crippen LogP contribution is -2.31. The van der Waals surface area contributed by atoms with Gasteiger partial charge in [-0.2, -0.15) is 0 Å². The zero-order valence-electron chi connectivity index (χ0n) is 23.2. The Bertz CT molecular complexity index is 1820. The maximum atomic E-state index is 14.1. The highest BCUT2D eigenvalue weighted by molar-refractivity contribution is 6.31. The first-order chi connectivity index (χ1) is 20.5. The molecule has 1 aromatic heterocycles. The first-order valence-corrected chi connectivity index (χ1v) is 14.2. The number of nitrogens with one attached hydrogen (secondary N) is 1. The van der Waals surface area contributed by atoms with Crippen molar-refractivity contribution >= 4 is 34.1 Å². The average Bonchev–Trinajstić information content (AvgIpc) is 3.53. The van der Waals surface area contributed by atoms with E-state index in [4.69, 9.17) is 16.6 Å². The number of allylic oxidation sites excluding steroid dienone is 9. The molecule has 0 spiro atoms. The van der Waals surface area contributed by atoms with Crippen molar-refractivity contribution in [3.05, 3.63) is 155 Å². The lowest BCUT2D eigenvalue weighted by molar-refractivity contribution is 0.0718. The Labute approximate surface area is 250 Å². The molecule has 3 aromatic carbocycles. The standard InChI is InChI=1S/C36H30ClN3O2/c1-3-7-23(8-4-2)24-11-13-25(14-12-24)26-15-16-27-22-40(36(42)30(27)21-26)34(29-19-17-28(37)18-20-33(29)41)35-38-31-9-5-6-10-32(31)39-35/h3-18,20-21,34,41H,1,19,22H2,2H3,(H,38,39)/b8-4-,23-7+. The number of aromatic nitrogens is 2.